The molecule has 15 heavy (non-hydrogen) atoms. The highest BCUT2D eigenvalue weighted by atomic mass is 32.2. The first-order valence-electron chi connectivity index (χ1n) is 5.55. The van der Waals surface area contributed by atoms with Gasteiger partial charge in [0.15, 0.2) is 0 Å². The van der Waals surface area contributed by atoms with Crippen LogP contribution in [0.2, 0.25) is 0 Å². The van der Waals surface area contributed by atoms with Gasteiger partial charge in [0.25, 0.3) is 0 Å². The molecule has 3 nitrogen and oxygen atoms in total. The van der Waals surface area contributed by atoms with Crippen molar-refractivity contribution in [3.05, 3.63) is 0 Å². The summed E-state index contributed by atoms with van der Waals surface area (Å²) in [6.45, 7) is 0.852. The van der Waals surface area contributed by atoms with E-state index < -0.39 is 0 Å². The van der Waals surface area contributed by atoms with Crippen LogP contribution in [0.5, 0.6) is 0 Å². The lowest BCUT2D eigenvalue weighted by atomic mass is 10.1. The standard InChI is InChI=1S/C10H18N2OS2/c13-10-9(2-1-3-11-10)12-8-6-14-4-5-15-7-8/h8-9,12H,1-7H2,(H,11,13)/t9-/m0/s1. The number of carbonyl (C=O) groups is 1. The fraction of sp³-hybridized carbons (Fsp3) is 0.900. The molecule has 0 aromatic carbocycles. The van der Waals surface area contributed by atoms with E-state index in [1.54, 1.807) is 0 Å². The summed E-state index contributed by atoms with van der Waals surface area (Å²) in [5.41, 5.74) is 0. The van der Waals surface area contributed by atoms with E-state index in [9.17, 15) is 4.79 Å². The summed E-state index contributed by atoms with van der Waals surface area (Å²) in [4.78, 5) is 11.6. The van der Waals surface area contributed by atoms with E-state index in [0.717, 1.165) is 30.9 Å². The molecule has 2 rings (SSSR count). The Kier molecular flexibility index (Phi) is 4.65. The van der Waals surface area contributed by atoms with Crippen LogP contribution in [0.15, 0.2) is 0 Å². The zero-order chi connectivity index (χ0) is 10.5. The monoisotopic (exact) mass is 246 g/mol. The third-order valence-corrected chi connectivity index (χ3v) is 5.25. The maximum Gasteiger partial charge on any atom is 0.237 e. The number of piperidine rings is 1. The SMILES string of the molecule is O=C1NCCC[C@@H]1NC1CSCCSC1. The number of hydrogen-bond donors (Lipinski definition) is 2. The van der Waals surface area contributed by atoms with E-state index in [4.69, 9.17) is 0 Å². The molecule has 0 spiro atoms. The van der Waals surface area contributed by atoms with E-state index in [0.29, 0.717) is 6.04 Å². The van der Waals surface area contributed by atoms with Gasteiger partial charge in [-0.1, -0.05) is 0 Å². The van der Waals surface area contributed by atoms with Crippen LogP contribution in [0.3, 0.4) is 0 Å². The maximum atomic E-state index is 11.6. The van der Waals surface area contributed by atoms with E-state index in [1.807, 2.05) is 23.5 Å². The third kappa shape index (κ3) is 3.57. The highest BCUT2D eigenvalue weighted by Crippen LogP contribution is 2.17. The topological polar surface area (TPSA) is 41.1 Å². The largest absolute Gasteiger partial charge is 0.355 e. The normalized spacial score (nSPS) is 29.6. The summed E-state index contributed by atoms with van der Waals surface area (Å²) in [6, 6.07) is 0.569. The minimum absolute atomic E-state index is 0.0584. The van der Waals surface area contributed by atoms with Crippen LogP contribution in [0.25, 0.3) is 0 Å². The van der Waals surface area contributed by atoms with E-state index in [-0.39, 0.29) is 11.9 Å². The highest BCUT2D eigenvalue weighted by Gasteiger charge is 2.25. The lowest BCUT2D eigenvalue weighted by Crippen LogP contribution is -2.52. The summed E-state index contributed by atoms with van der Waals surface area (Å²) >= 11 is 4.00. The van der Waals surface area contributed by atoms with Crippen LogP contribution in [0.4, 0.5) is 0 Å². The Morgan fingerprint density at radius 3 is 2.67 bits per heavy atom. The van der Waals surface area contributed by atoms with Crippen LogP contribution < -0.4 is 10.6 Å². The molecule has 0 aromatic rings. The third-order valence-electron chi connectivity index (χ3n) is 2.73. The summed E-state index contributed by atoms with van der Waals surface area (Å²) in [5, 5.41) is 6.42. The molecule has 2 saturated heterocycles. The zero-order valence-electron chi connectivity index (χ0n) is 8.83. The van der Waals surface area contributed by atoms with Crippen molar-refractivity contribution in [1.29, 1.82) is 0 Å². The van der Waals surface area contributed by atoms with Gasteiger partial charge >= 0.3 is 0 Å². The van der Waals surface area contributed by atoms with Gasteiger partial charge in [-0.2, -0.15) is 23.5 Å². The summed E-state index contributed by atoms with van der Waals surface area (Å²) in [7, 11) is 0. The van der Waals surface area contributed by atoms with E-state index >= 15 is 0 Å². The zero-order valence-corrected chi connectivity index (χ0v) is 10.5. The van der Waals surface area contributed by atoms with Gasteiger partial charge in [-0.3, -0.25) is 4.79 Å². The Morgan fingerprint density at radius 1 is 1.27 bits per heavy atom. The fourth-order valence-electron chi connectivity index (χ4n) is 1.93. The van der Waals surface area contributed by atoms with Crippen molar-refractivity contribution in [2.75, 3.05) is 29.6 Å². The van der Waals surface area contributed by atoms with Gasteiger partial charge in [0, 0.05) is 35.6 Å². The van der Waals surface area contributed by atoms with Gasteiger partial charge in [0.05, 0.1) is 6.04 Å². The van der Waals surface area contributed by atoms with Gasteiger partial charge in [-0.15, -0.1) is 0 Å². The number of hydrogen-bond acceptors (Lipinski definition) is 4. The molecule has 1 atom stereocenters. The minimum Gasteiger partial charge on any atom is -0.355 e. The Labute approximate surface area is 99.5 Å². The van der Waals surface area contributed by atoms with Crippen LogP contribution in [-0.4, -0.2) is 47.5 Å². The van der Waals surface area contributed by atoms with Gasteiger partial charge in [-0.25, -0.2) is 0 Å². The lowest BCUT2D eigenvalue weighted by molar-refractivity contribution is -0.124. The first-order valence-corrected chi connectivity index (χ1v) is 7.86. The molecule has 2 aliphatic rings. The quantitative estimate of drug-likeness (QED) is 0.753. The number of nitrogens with one attached hydrogen (secondary N) is 2. The van der Waals surface area contributed by atoms with Crippen molar-refractivity contribution >= 4 is 29.4 Å². The fourth-order valence-corrected chi connectivity index (χ4v) is 4.35. The average Bonchev–Trinajstić information content (AvgIpc) is 2.50. The van der Waals surface area contributed by atoms with Crippen LogP contribution in [-0.2, 0) is 4.79 Å². The van der Waals surface area contributed by atoms with Gasteiger partial charge in [-0.05, 0) is 12.8 Å². The summed E-state index contributed by atoms with van der Waals surface area (Å²) < 4.78 is 0. The van der Waals surface area contributed by atoms with E-state index in [2.05, 4.69) is 10.6 Å². The molecule has 5 heteroatoms. The van der Waals surface area contributed by atoms with Gasteiger partial charge in [0.2, 0.25) is 5.91 Å². The minimum atomic E-state index is 0.0584. The number of rotatable bonds is 2. The van der Waals surface area contributed by atoms with Crippen LogP contribution >= 0.6 is 23.5 Å². The number of thioether (sulfide) groups is 2. The summed E-state index contributed by atoms with van der Waals surface area (Å²) in [6.07, 6.45) is 2.11. The molecule has 1 amide bonds. The molecule has 2 heterocycles. The van der Waals surface area contributed by atoms with Crippen molar-refractivity contribution < 1.29 is 4.79 Å². The summed E-state index contributed by atoms with van der Waals surface area (Å²) in [5.74, 6) is 4.99. The molecule has 0 aliphatic carbocycles. The molecule has 2 N–H and O–H groups in total. The Morgan fingerprint density at radius 2 is 2.00 bits per heavy atom. The number of carbonyl (C=O) groups excluding carboxylic acids is 1. The smallest absolute Gasteiger partial charge is 0.237 e. The second-order valence-corrected chi connectivity index (χ2v) is 6.30. The second kappa shape index (κ2) is 6.01. The van der Waals surface area contributed by atoms with Gasteiger partial charge < -0.3 is 10.6 Å². The predicted molar refractivity (Wildman–Crippen MR) is 67.6 cm³/mol. The second-order valence-electron chi connectivity index (χ2n) is 4.00. The van der Waals surface area contributed by atoms with Crippen LogP contribution in [0, 0.1) is 0 Å². The van der Waals surface area contributed by atoms with Crippen molar-refractivity contribution in [2.24, 2.45) is 0 Å². The van der Waals surface area contributed by atoms with Crippen molar-refractivity contribution in [2.45, 2.75) is 24.9 Å². The Balaban J connectivity index is 1.80. The van der Waals surface area contributed by atoms with Crippen LogP contribution in [0.1, 0.15) is 12.8 Å². The first-order chi connectivity index (χ1) is 7.36. The first kappa shape index (κ1) is 11.6. The molecule has 86 valence electrons. The Bertz CT molecular complexity index is 217. The van der Waals surface area contributed by atoms with Gasteiger partial charge in [0.1, 0.15) is 0 Å². The Hall–Kier alpha value is 0.130. The highest BCUT2D eigenvalue weighted by molar-refractivity contribution is 8.03. The molecule has 0 radical (unpaired) electrons. The number of amides is 1. The van der Waals surface area contributed by atoms with Crippen molar-refractivity contribution in [3.8, 4) is 0 Å². The average molecular weight is 246 g/mol. The molecule has 0 unspecified atom stereocenters. The maximum absolute atomic E-state index is 11.6. The van der Waals surface area contributed by atoms with Crippen molar-refractivity contribution in [3.63, 3.8) is 0 Å². The molecular formula is C10H18N2OS2. The molecule has 0 aromatic heterocycles. The molecule has 2 aliphatic heterocycles. The lowest BCUT2D eigenvalue weighted by Gasteiger charge is -2.27. The van der Waals surface area contributed by atoms with Crippen molar-refractivity contribution in [1.82, 2.24) is 10.6 Å². The molecule has 0 saturated carbocycles. The van der Waals surface area contributed by atoms with E-state index in [1.165, 1.54) is 11.5 Å². The molecular weight excluding hydrogens is 228 g/mol. The predicted octanol–water partition coefficient (Wildman–Crippen LogP) is 0.703. The molecule has 0 bridgehead atoms. The molecule has 2 fully saturated rings.